The average Bonchev–Trinajstić information content (AvgIpc) is 3.38. The number of fused-ring (bicyclic) bond motifs is 1. The number of carbonyl (C=O) groups excluding carboxylic acids is 2. The number of aromatic nitrogens is 3. The summed E-state index contributed by atoms with van der Waals surface area (Å²) in [6.45, 7) is 3.90. The van der Waals surface area contributed by atoms with E-state index in [0.29, 0.717) is 36.1 Å². The summed E-state index contributed by atoms with van der Waals surface area (Å²) >= 11 is 0. The number of pyridine rings is 1. The molecular formula is C30H28N6O3. The minimum atomic E-state index is -0.379. The quantitative estimate of drug-likeness (QED) is 0.234. The van der Waals surface area contributed by atoms with E-state index in [-0.39, 0.29) is 11.9 Å². The van der Waals surface area contributed by atoms with Crippen LogP contribution in [-0.2, 0) is 11.2 Å². The summed E-state index contributed by atoms with van der Waals surface area (Å²) in [5.41, 5.74) is 3.65. The van der Waals surface area contributed by atoms with Crippen molar-refractivity contribution in [1.82, 2.24) is 14.8 Å². The number of anilines is 3. The van der Waals surface area contributed by atoms with E-state index >= 15 is 0 Å². The Balaban J connectivity index is 1.27. The molecule has 0 fully saturated rings. The van der Waals surface area contributed by atoms with Crippen LogP contribution in [0.25, 0.3) is 16.5 Å². The lowest BCUT2D eigenvalue weighted by Crippen LogP contribution is -2.21. The highest BCUT2D eigenvalue weighted by Gasteiger charge is 2.12. The zero-order valence-electron chi connectivity index (χ0n) is 21.6. The first kappa shape index (κ1) is 25.5. The molecule has 0 unspecified atom stereocenters. The normalized spacial score (nSPS) is 10.7. The highest BCUT2D eigenvalue weighted by atomic mass is 16.5. The Bertz CT molecular complexity index is 1630. The molecule has 3 amide bonds. The second-order valence-corrected chi connectivity index (χ2v) is 9.03. The number of nitrogens with zero attached hydrogens (tertiary/aromatic N) is 3. The van der Waals surface area contributed by atoms with E-state index in [2.05, 4.69) is 26.0 Å². The van der Waals surface area contributed by atoms with Gasteiger partial charge in [-0.2, -0.15) is 5.10 Å². The van der Waals surface area contributed by atoms with Crippen LogP contribution >= 0.6 is 0 Å². The van der Waals surface area contributed by atoms with Crippen LogP contribution in [0, 0.1) is 6.92 Å². The smallest absolute Gasteiger partial charge is 0.324 e. The van der Waals surface area contributed by atoms with Gasteiger partial charge in [0.15, 0.2) is 0 Å². The Labute approximate surface area is 225 Å². The van der Waals surface area contributed by atoms with E-state index in [1.54, 1.807) is 23.1 Å². The number of aryl methyl sites for hydroxylation is 1. The second kappa shape index (κ2) is 11.5. The van der Waals surface area contributed by atoms with Crippen molar-refractivity contribution in [1.29, 1.82) is 0 Å². The Kier molecular flexibility index (Phi) is 7.49. The third kappa shape index (κ3) is 6.22. The molecule has 0 atom stereocenters. The summed E-state index contributed by atoms with van der Waals surface area (Å²) in [6.07, 6.45) is 3.94. The molecular weight excluding hydrogens is 492 g/mol. The summed E-state index contributed by atoms with van der Waals surface area (Å²) in [6, 6.07) is 24.4. The summed E-state index contributed by atoms with van der Waals surface area (Å²) < 4.78 is 7.79. The maximum Gasteiger partial charge on any atom is 0.324 e. The fourth-order valence-electron chi connectivity index (χ4n) is 4.22. The van der Waals surface area contributed by atoms with Crippen LogP contribution in [0.15, 0.2) is 91.3 Å². The summed E-state index contributed by atoms with van der Waals surface area (Å²) in [4.78, 5) is 28.4. The van der Waals surface area contributed by atoms with Crippen LogP contribution in [0.1, 0.15) is 18.1 Å². The standard InChI is InChI=1S/C30H28N6O3/c1-20-7-9-23(10-8-20)36-29(14-17-32-36)35-30(38)34-26-11-12-27(25-6-4-3-5-24(25)26)39-18-15-22-13-16-31-28(19-22)33-21(2)37/h3-14,16-17,19H,15,18H2,1-2H3,(H,31,33,37)(H2,34,35,38). The molecule has 3 N–H and O–H groups in total. The number of hydrogen-bond acceptors (Lipinski definition) is 5. The Morgan fingerprint density at radius 2 is 1.67 bits per heavy atom. The lowest BCUT2D eigenvalue weighted by atomic mass is 10.1. The Hall–Kier alpha value is -5.18. The van der Waals surface area contributed by atoms with Crippen molar-refractivity contribution < 1.29 is 14.3 Å². The SMILES string of the molecule is CC(=O)Nc1cc(CCOc2ccc(NC(=O)Nc3ccnn3-c3ccc(C)cc3)c3ccccc23)ccn1. The van der Waals surface area contributed by atoms with Crippen molar-refractivity contribution >= 4 is 40.0 Å². The Morgan fingerprint density at radius 3 is 2.46 bits per heavy atom. The fourth-order valence-corrected chi connectivity index (χ4v) is 4.22. The summed E-state index contributed by atoms with van der Waals surface area (Å²) in [5.74, 6) is 1.62. The van der Waals surface area contributed by atoms with Gasteiger partial charge < -0.3 is 15.4 Å². The third-order valence-electron chi connectivity index (χ3n) is 6.07. The molecule has 2 heterocycles. The van der Waals surface area contributed by atoms with E-state index in [4.69, 9.17) is 4.74 Å². The number of hydrogen-bond donors (Lipinski definition) is 3. The van der Waals surface area contributed by atoms with Gasteiger partial charge in [-0.25, -0.2) is 14.5 Å². The molecule has 0 saturated heterocycles. The number of ether oxygens (including phenoxy) is 1. The predicted molar refractivity (Wildman–Crippen MR) is 153 cm³/mol. The number of carbonyl (C=O) groups is 2. The molecule has 0 bridgehead atoms. The van der Waals surface area contributed by atoms with Crippen LogP contribution in [0.5, 0.6) is 5.75 Å². The molecule has 0 aliphatic heterocycles. The van der Waals surface area contributed by atoms with Crippen LogP contribution in [0.3, 0.4) is 0 Å². The van der Waals surface area contributed by atoms with E-state index in [1.807, 2.05) is 79.7 Å². The van der Waals surface area contributed by atoms with Crippen molar-refractivity contribution in [2.24, 2.45) is 0 Å². The zero-order valence-corrected chi connectivity index (χ0v) is 21.6. The van der Waals surface area contributed by atoms with E-state index in [1.165, 1.54) is 6.92 Å². The van der Waals surface area contributed by atoms with Gasteiger partial charge >= 0.3 is 6.03 Å². The van der Waals surface area contributed by atoms with Gasteiger partial charge in [0.2, 0.25) is 5.91 Å². The number of rotatable bonds is 8. The number of amides is 3. The topological polar surface area (TPSA) is 110 Å². The highest BCUT2D eigenvalue weighted by molar-refractivity contribution is 6.07. The van der Waals surface area contributed by atoms with Crippen molar-refractivity contribution in [3.8, 4) is 11.4 Å². The number of benzene rings is 3. The van der Waals surface area contributed by atoms with E-state index < -0.39 is 0 Å². The van der Waals surface area contributed by atoms with Gasteiger partial charge in [0, 0.05) is 36.4 Å². The minimum absolute atomic E-state index is 0.165. The zero-order chi connectivity index (χ0) is 27.2. The molecule has 5 rings (SSSR count). The number of nitrogens with one attached hydrogen (secondary N) is 3. The van der Waals surface area contributed by atoms with Crippen LogP contribution < -0.4 is 20.7 Å². The maximum atomic E-state index is 12.9. The van der Waals surface area contributed by atoms with Gasteiger partial charge in [0.05, 0.1) is 24.2 Å². The van der Waals surface area contributed by atoms with Crippen LogP contribution in [0.4, 0.5) is 22.1 Å². The molecule has 0 saturated carbocycles. The van der Waals surface area contributed by atoms with Gasteiger partial charge in [-0.3, -0.25) is 10.1 Å². The van der Waals surface area contributed by atoms with E-state index in [0.717, 1.165) is 27.6 Å². The van der Waals surface area contributed by atoms with E-state index in [9.17, 15) is 9.59 Å². The van der Waals surface area contributed by atoms with Gasteiger partial charge in [-0.05, 0) is 48.9 Å². The van der Waals surface area contributed by atoms with Crippen molar-refractivity contribution in [3.63, 3.8) is 0 Å². The first-order valence-corrected chi connectivity index (χ1v) is 12.5. The highest BCUT2D eigenvalue weighted by Crippen LogP contribution is 2.32. The molecule has 0 radical (unpaired) electrons. The summed E-state index contributed by atoms with van der Waals surface area (Å²) in [5, 5.41) is 14.6. The second-order valence-electron chi connectivity index (χ2n) is 9.03. The molecule has 9 nitrogen and oxygen atoms in total. The van der Waals surface area contributed by atoms with Gasteiger partial charge in [-0.1, -0.05) is 42.0 Å². The Morgan fingerprint density at radius 1 is 0.872 bits per heavy atom. The largest absolute Gasteiger partial charge is 0.493 e. The molecule has 5 aromatic rings. The minimum Gasteiger partial charge on any atom is -0.493 e. The molecule has 9 heteroatoms. The van der Waals surface area contributed by atoms with Crippen LogP contribution in [0.2, 0.25) is 0 Å². The van der Waals surface area contributed by atoms with Crippen molar-refractivity contribution in [2.75, 3.05) is 22.6 Å². The molecule has 0 spiro atoms. The monoisotopic (exact) mass is 520 g/mol. The van der Waals surface area contributed by atoms with Gasteiger partial charge in [-0.15, -0.1) is 0 Å². The van der Waals surface area contributed by atoms with Gasteiger partial charge in [0.1, 0.15) is 17.4 Å². The molecule has 3 aromatic carbocycles. The number of urea groups is 1. The molecule has 2 aromatic heterocycles. The third-order valence-corrected chi connectivity index (χ3v) is 6.07. The first-order valence-electron chi connectivity index (χ1n) is 12.5. The fraction of sp³-hybridized carbons (Fsp3) is 0.133. The molecule has 0 aliphatic rings. The molecule has 196 valence electrons. The maximum absolute atomic E-state index is 12.9. The molecule has 0 aliphatic carbocycles. The predicted octanol–water partition coefficient (Wildman–Crippen LogP) is 5.95. The lowest BCUT2D eigenvalue weighted by molar-refractivity contribution is -0.114. The molecule has 39 heavy (non-hydrogen) atoms. The van der Waals surface area contributed by atoms with Crippen molar-refractivity contribution in [3.05, 3.63) is 102 Å². The lowest BCUT2D eigenvalue weighted by Gasteiger charge is -2.14. The van der Waals surface area contributed by atoms with Crippen LogP contribution in [-0.4, -0.2) is 33.3 Å². The first-order chi connectivity index (χ1) is 19.0. The average molecular weight is 521 g/mol. The van der Waals surface area contributed by atoms with Gasteiger partial charge in [0.25, 0.3) is 0 Å². The summed E-state index contributed by atoms with van der Waals surface area (Å²) in [7, 11) is 0. The van der Waals surface area contributed by atoms with Crippen molar-refractivity contribution in [2.45, 2.75) is 20.3 Å².